The minimum atomic E-state index is 0.0116. The largest absolute Gasteiger partial charge is 0.379 e. The number of hydrogen-bond acceptors (Lipinski definition) is 11. The first-order valence-electron chi connectivity index (χ1n) is 30.1. The van der Waals surface area contributed by atoms with E-state index < -0.39 is 0 Å². The van der Waals surface area contributed by atoms with Gasteiger partial charge in [-0.1, -0.05) is 188 Å². The summed E-state index contributed by atoms with van der Waals surface area (Å²) in [7, 11) is 0. The highest BCUT2D eigenvalue weighted by atomic mass is 32.1. The average molecular weight is 1120 g/mol. The highest BCUT2D eigenvalue weighted by Gasteiger charge is 2.34. The van der Waals surface area contributed by atoms with E-state index >= 15 is 0 Å². The number of ether oxygens (including phenoxy) is 3. The van der Waals surface area contributed by atoms with E-state index in [1.807, 2.05) is 12.3 Å². The lowest BCUT2D eigenvalue weighted by Gasteiger charge is -2.42. The predicted molar refractivity (Wildman–Crippen MR) is 342 cm³/mol. The van der Waals surface area contributed by atoms with E-state index in [1.165, 1.54) is 57.2 Å². The van der Waals surface area contributed by atoms with E-state index in [-0.39, 0.29) is 22.5 Å². The Morgan fingerprint density at radius 1 is 0.532 bits per heavy atom. The number of benzene rings is 1. The Hall–Kier alpha value is -2.87. The predicted octanol–water partition coefficient (Wildman–Crippen LogP) is 17.3. The molecule has 79 heavy (non-hydrogen) atoms. The SMILES string of the molecule is CC(C)(C)C1C=CC=N1.CC(C)(C)C1CC1.CC(C)(C)C1CCC1.CC(C)(C)C1OCCO1.CC(C)(C)N1CCC1.CC(C)(C)N1CCOCC1.CC(C)(C)c1ccccc1.CC(C)(C)c1cn[nH]n1.CC(C)(C)c1nncs1. The molecule has 0 bridgehead atoms. The zero-order valence-electron chi connectivity index (χ0n) is 56.2. The number of morpholine rings is 1. The summed E-state index contributed by atoms with van der Waals surface area (Å²) in [5.41, 5.74) is 7.13. The summed E-state index contributed by atoms with van der Waals surface area (Å²) < 4.78 is 15.8. The van der Waals surface area contributed by atoms with Crippen molar-refractivity contribution in [2.45, 2.75) is 265 Å². The monoisotopic (exact) mass is 1120 g/mol. The van der Waals surface area contributed by atoms with Gasteiger partial charge in [-0.3, -0.25) is 14.8 Å². The van der Waals surface area contributed by atoms with E-state index in [4.69, 9.17) is 14.2 Å². The first-order valence-corrected chi connectivity index (χ1v) is 31.0. The fourth-order valence-corrected chi connectivity index (χ4v) is 8.81. The molecule has 11 nitrogen and oxygen atoms in total. The van der Waals surface area contributed by atoms with Crippen molar-refractivity contribution in [3.8, 4) is 0 Å². The molecule has 9 rings (SSSR count). The summed E-state index contributed by atoms with van der Waals surface area (Å²) in [6, 6.07) is 11.0. The van der Waals surface area contributed by atoms with Gasteiger partial charge in [-0.05, 0) is 132 Å². The molecule has 1 atom stereocenters. The summed E-state index contributed by atoms with van der Waals surface area (Å²) in [4.78, 5) is 9.22. The zero-order valence-corrected chi connectivity index (χ0v) is 57.1. The third-order valence-electron chi connectivity index (χ3n) is 14.6. The number of nitrogens with zero attached hydrogens (tertiary/aromatic N) is 7. The molecule has 0 spiro atoms. The van der Waals surface area contributed by atoms with Crippen molar-refractivity contribution in [1.82, 2.24) is 35.4 Å². The maximum atomic E-state index is 5.30. The standard InChI is InChI=1S/C10H14.C8H17NO.C8H13N.C8H16.C7H15N.C7H14O2.C7H14.C6H11N3.C6H10N2S/c1-10(2,3)9-7-5-4-6-8-9;1-8(2,3)9-4-6-10-7-5-9;1-8(2,3)7-5-4-6-9-7;1-8(2,3)7-5-4-6-7;1-7(2,3)8-5-4-6-8;1-7(2,3)6-8-4-5-9-6;1-7(2,3)6-4-5-6;1-6(2,3)5-4-7-9-8-5;1-6(2,3)5-8-7-4-9-5/h4-8H,1-3H3;4-7H2,1-3H3;4-7H,1-3H3;7H,4-6H2,1-3H3;4-6H2,1-3H3;6H,4-5H2,1-3H3;6H,4-5H2,1-3H3;4H,1-3H3,(H,7,8,9);4H,1-3H3. The number of aliphatic imine (C=N–C) groups is 1. The van der Waals surface area contributed by atoms with Gasteiger partial charge in [-0.2, -0.15) is 15.4 Å². The molecule has 1 unspecified atom stereocenters. The molecule has 6 aliphatic rings. The van der Waals surface area contributed by atoms with Crippen molar-refractivity contribution in [3.63, 3.8) is 0 Å². The van der Waals surface area contributed by atoms with Gasteiger partial charge in [0, 0.05) is 46.6 Å². The second kappa shape index (κ2) is 32.8. The van der Waals surface area contributed by atoms with Gasteiger partial charge in [0.1, 0.15) is 10.5 Å². The summed E-state index contributed by atoms with van der Waals surface area (Å²) in [5.74, 6) is 2.08. The molecule has 12 heteroatoms. The van der Waals surface area contributed by atoms with Crippen LogP contribution >= 0.6 is 11.3 Å². The molecule has 456 valence electrons. The van der Waals surface area contributed by atoms with Crippen molar-refractivity contribution in [1.29, 1.82) is 0 Å². The minimum absolute atomic E-state index is 0.0116. The van der Waals surface area contributed by atoms with Gasteiger partial charge in [-0.25, -0.2) is 0 Å². The summed E-state index contributed by atoms with van der Waals surface area (Å²) in [5, 5.41) is 19.1. The number of nitrogens with one attached hydrogen (secondary N) is 1. The first-order chi connectivity index (χ1) is 35.9. The summed E-state index contributed by atoms with van der Waals surface area (Å²) >= 11 is 1.61. The van der Waals surface area contributed by atoms with Gasteiger partial charge >= 0.3 is 0 Å². The van der Waals surface area contributed by atoms with Crippen LogP contribution in [-0.2, 0) is 30.5 Å². The zero-order chi connectivity index (χ0) is 60.7. The maximum Gasteiger partial charge on any atom is 0.162 e. The maximum absolute atomic E-state index is 5.30. The van der Waals surface area contributed by atoms with Crippen LogP contribution in [0.1, 0.15) is 242 Å². The number of H-pyrrole nitrogens is 1. The van der Waals surface area contributed by atoms with Crippen LogP contribution in [0.2, 0.25) is 0 Å². The lowest BCUT2D eigenvalue weighted by molar-refractivity contribution is -0.112. The van der Waals surface area contributed by atoms with Gasteiger partial charge in [0.2, 0.25) is 0 Å². The third kappa shape index (κ3) is 33.1. The molecule has 0 radical (unpaired) electrons. The van der Waals surface area contributed by atoms with Crippen LogP contribution in [0, 0.1) is 33.5 Å². The Morgan fingerprint density at radius 2 is 1.03 bits per heavy atom. The number of likely N-dealkylation sites (tertiary alicyclic amines) is 1. The number of allylic oxidation sites excluding steroid dienone is 1. The van der Waals surface area contributed by atoms with Crippen LogP contribution in [0.15, 0.2) is 59.2 Å². The molecule has 6 heterocycles. The topological polar surface area (TPSA) is 114 Å². The molecule has 4 aliphatic heterocycles. The molecule has 1 N–H and O–H groups in total. The van der Waals surface area contributed by atoms with Gasteiger partial charge in [-0.15, -0.1) is 21.5 Å². The molecular weight excluding hydrogens is 997 g/mol. The Balaban J connectivity index is 0.000000445. The number of aromatic nitrogens is 5. The second-order valence-electron chi connectivity index (χ2n) is 31.6. The normalized spacial score (nSPS) is 19.3. The molecule has 1 aromatic carbocycles. The molecule has 0 amide bonds. The third-order valence-corrected chi connectivity index (χ3v) is 15.7. The van der Waals surface area contributed by atoms with Crippen molar-refractivity contribution >= 4 is 17.6 Å². The Morgan fingerprint density at radius 3 is 1.20 bits per heavy atom. The van der Waals surface area contributed by atoms with E-state index in [9.17, 15) is 0 Å². The van der Waals surface area contributed by atoms with Gasteiger partial charge in [0.15, 0.2) is 6.29 Å². The van der Waals surface area contributed by atoms with E-state index in [1.54, 1.807) is 23.0 Å². The highest BCUT2D eigenvalue weighted by Crippen LogP contribution is 2.44. The quantitative estimate of drug-likeness (QED) is 0.235. The van der Waals surface area contributed by atoms with E-state index in [0.717, 1.165) is 62.1 Å². The number of rotatable bonds is 0. The molecule has 2 aliphatic carbocycles. The smallest absolute Gasteiger partial charge is 0.162 e. The summed E-state index contributed by atoms with van der Waals surface area (Å²) in [6.45, 7) is 68.0. The minimum Gasteiger partial charge on any atom is -0.379 e. The van der Waals surface area contributed by atoms with Crippen LogP contribution in [0.25, 0.3) is 0 Å². The lowest BCUT2D eigenvalue weighted by atomic mass is 9.69. The van der Waals surface area contributed by atoms with Gasteiger partial charge in [0.25, 0.3) is 0 Å². The number of aromatic amines is 1. The Labute approximate surface area is 491 Å². The number of hydrogen-bond donors (Lipinski definition) is 1. The van der Waals surface area contributed by atoms with Crippen LogP contribution in [0.5, 0.6) is 0 Å². The van der Waals surface area contributed by atoms with Crippen LogP contribution in [0.3, 0.4) is 0 Å². The van der Waals surface area contributed by atoms with Gasteiger partial charge in [0.05, 0.1) is 44.4 Å². The molecule has 3 aromatic rings. The molecular formula is C67H124N8O3S. The van der Waals surface area contributed by atoms with Gasteiger partial charge < -0.3 is 14.2 Å². The van der Waals surface area contributed by atoms with Crippen molar-refractivity contribution < 1.29 is 14.2 Å². The second-order valence-corrected chi connectivity index (χ2v) is 32.4. The van der Waals surface area contributed by atoms with Crippen LogP contribution in [-0.4, -0.2) is 118 Å². The summed E-state index contributed by atoms with van der Waals surface area (Å²) in [6.07, 6.45) is 16.6. The molecule has 2 saturated carbocycles. The Bertz CT molecular complexity index is 1950. The van der Waals surface area contributed by atoms with Crippen molar-refractivity contribution in [2.75, 3.05) is 52.6 Å². The van der Waals surface area contributed by atoms with Crippen LogP contribution < -0.4 is 0 Å². The van der Waals surface area contributed by atoms with Crippen molar-refractivity contribution in [3.05, 3.63) is 70.5 Å². The molecule has 3 saturated heterocycles. The fourth-order valence-electron chi connectivity index (χ4n) is 8.16. The Kier molecular flexibility index (Phi) is 30.8. The van der Waals surface area contributed by atoms with E-state index in [2.05, 4.69) is 264 Å². The lowest BCUT2D eigenvalue weighted by Crippen LogP contribution is -2.49. The van der Waals surface area contributed by atoms with Crippen LogP contribution in [0.4, 0.5) is 0 Å². The molecule has 2 aromatic heterocycles. The van der Waals surface area contributed by atoms with Crippen molar-refractivity contribution in [2.24, 2.45) is 38.5 Å². The highest BCUT2D eigenvalue weighted by molar-refractivity contribution is 7.09. The first kappa shape index (κ1) is 74.1. The molecule has 5 fully saturated rings. The van der Waals surface area contributed by atoms with E-state index in [0.29, 0.717) is 38.8 Å². The fraction of sp³-hybridized carbons (Fsp3) is 0.806. The average Bonchev–Trinajstić information content (AvgIpc) is 3.88.